The van der Waals surface area contributed by atoms with Gasteiger partial charge in [-0.25, -0.2) is 0 Å². The molecular formula is C10H18. The van der Waals surface area contributed by atoms with Gasteiger partial charge >= 0.3 is 0 Å². The zero-order valence-electron chi connectivity index (χ0n) is 7.35. The van der Waals surface area contributed by atoms with Crippen LogP contribution in [-0.2, 0) is 0 Å². The summed E-state index contributed by atoms with van der Waals surface area (Å²) in [6.45, 7) is 7.24. The Balaban J connectivity index is 2.04. The lowest BCUT2D eigenvalue weighted by Crippen LogP contribution is -2.20. The lowest BCUT2D eigenvalue weighted by Gasteiger charge is -2.30. The van der Waals surface area contributed by atoms with Crippen molar-refractivity contribution in [3.63, 3.8) is 0 Å². The maximum Gasteiger partial charge on any atom is -0.0297 e. The minimum atomic E-state index is 0.716. The summed E-state index contributed by atoms with van der Waals surface area (Å²) in [5, 5.41) is 0. The lowest BCUT2D eigenvalue weighted by atomic mass is 9.75. The zero-order chi connectivity index (χ0) is 7.35. The van der Waals surface area contributed by atoms with E-state index in [9.17, 15) is 0 Å². The topological polar surface area (TPSA) is 0 Å². The highest BCUT2D eigenvalue weighted by molar-refractivity contribution is 5.02. The van der Waals surface area contributed by atoms with Gasteiger partial charge in [0.25, 0.3) is 0 Å². The minimum absolute atomic E-state index is 0.716. The number of hydrogen-bond acceptors (Lipinski definition) is 0. The number of fused-ring (bicyclic) bond motifs is 1. The summed E-state index contributed by atoms with van der Waals surface area (Å²) in [6.07, 6.45) is 4.60. The molecule has 0 bridgehead atoms. The Kier molecular flexibility index (Phi) is 1.19. The van der Waals surface area contributed by atoms with E-state index in [0.717, 1.165) is 17.8 Å². The summed E-state index contributed by atoms with van der Waals surface area (Å²) >= 11 is 0. The molecule has 0 nitrogen and oxygen atoms in total. The second kappa shape index (κ2) is 1.78. The molecule has 0 heterocycles. The molecule has 0 radical (unpaired) electrons. The molecule has 0 N–H and O–H groups in total. The number of hydrogen-bond donors (Lipinski definition) is 0. The van der Waals surface area contributed by atoms with Crippen LogP contribution >= 0.6 is 0 Å². The molecule has 10 heavy (non-hydrogen) atoms. The predicted octanol–water partition coefficient (Wildman–Crippen LogP) is 3.08. The minimum Gasteiger partial charge on any atom is -0.0623 e. The highest BCUT2D eigenvalue weighted by atomic mass is 14.6. The average molecular weight is 138 g/mol. The average Bonchev–Trinajstić information content (AvgIpc) is 2.41. The molecule has 0 aromatic carbocycles. The molecule has 2 fully saturated rings. The van der Waals surface area contributed by atoms with Crippen molar-refractivity contribution >= 4 is 0 Å². The van der Waals surface area contributed by atoms with Crippen molar-refractivity contribution in [1.29, 1.82) is 0 Å². The van der Waals surface area contributed by atoms with Crippen LogP contribution in [0.25, 0.3) is 0 Å². The summed E-state index contributed by atoms with van der Waals surface area (Å²) in [5.74, 6) is 3.19. The quantitative estimate of drug-likeness (QED) is 0.522. The molecular weight excluding hydrogens is 120 g/mol. The van der Waals surface area contributed by atoms with Gasteiger partial charge in [-0.15, -0.1) is 0 Å². The third-order valence-electron chi connectivity index (χ3n) is 3.92. The van der Waals surface area contributed by atoms with Gasteiger partial charge in [0.05, 0.1) is 0 Å². The van der Waals surface area contributed by atoms with Gasteiger partial charge in [-0.2, -0.15) is 0 Å². The van der Waals surface area contributed by atoms with Crippen LogP contribution in [0.5, 0.6) is 0 Å². The maximum absolute atomic E-state index is 2.48. The first-order valence-electron chi connectivity index (χ1n) is 4.62. The molecule has 0 spiro atoms. The summed E-state index contributed by atoms with van der Waals surface area (Å²) in [4.78, 5) is 0. The van der Waals surface area contributed by atoms with Gasteiger partial charge < -0.3 is 0 Å². The molecule has 0 saturated heterocycles. The first-order chi connectivity index (χ1) is 4.62. The molecule has 0 amide bonds. The van der Waals surface area contributed by atoms with E-state index in [0.29, 0.717) is 5.41 Å². The summed E-state index contributed by atoms with van der Waals surface area (Å²) in [5.41, 5.74) is 0.716. The summed E-state index contributed by atoms with van der Waals surface area (Å²) < 4.78 is 0. The van der Waals surface area contributed by atoms with Crippen molar-refractivity contribution in [3.8, 4) is 0 Å². The van der Waals surface area contributed by atoms with Crippen molar-refractivity contribution in [3.05, 3.63) is 0 Å². The molecule has 2 atom stereocenters. The molecule has 2 rings (SSSR count). The van der Waals surface area contributed by atoms with Crippen molar-refractivity contribution in [2.45, 2.75) is 40.0 Å². The van der Waals surface area contributed by atoms with Crippen molar-refractivity contribution in [2.24, 2.45) is 23.2 Å². The first-order valence-corrected chi connectivity index (χ1v) is 4.62. The fraction of sp³-hybridized carbons (Fsp3) is 1.00. The Morgan fingerprint density at radius 1 is 1.20 bits per heavy atom. The van der Waals surface area contributed by atoms with Gasteiger partial charge in [0.1, 0.15) is 0 Å². The fourth-order valence-electron chi connectivity index (χ4n) is 2.56. The summed E-state index contributed by atoms with van der Waals surface area (Å²) in [7, 11) is 0. The molecule has 0 aromatic heterocycles. The monoisotopic (exact) mass is 138 g/mol. The normalized spacial score (nSPS) is 51.6. The van der Waals surface area contributed by atoms with Gasteiger partial charge in [-0.1, -0.05) is 20.8 Å². The van der Waals surface area contributed by atoms with Crippen LogP contribution in [0.3, 0.4) is 0 Å². The molecule has 0 aliphatic heterocycles. The van der Waals surface area contributed by atoms with Crippen LogP contribution in [0, 0.1) is 23.2 Å². The Morgan fingerprint density at radius 2 is 1.70 bits per heavy atom. The van der Waals surface area contributed by atoms with Gasteiger partial charge in [-0.05, 0) is 42.4 Å². The van der Waals surface area contributed by atoms with Crippen molar-refractivity contribution in [2.75, 3.05) is 0 Å². The molecule has 2 unspecified atom stereocenters. The van der Waals surface area contributed by atoms with E-state index in [4.69, 9.17) is 0 Å². The first kappa shape index (κ1) is 6.69. The second-order valence-electron chi connectivity index (χ2n) is 4.97. The van der Waals surface area contributed by atoms with E-state index < -0.39 is 0 Å². The lowest BCUT2D eigenvalue weighted by molar-refractivity contribution is 0.202. The summed E-state index contributed by atoms with van der Waals surface area (Å²) in [6, 6.07) is 0. The fourth-order valence-corrected chi connectivity index (χ4v) is 2.56. The standard InChI is InChI=1S/C10H18/c1-7(2)10(3)5-8-4-9(8)6-10/h7-9H,4-6H2,1-3H3. The third-order valence-corrected chi connectivity index (χ3v) is 3.92. The molecule has 2 aliphatic rings. The second-order valence-corrected chi connectivity index (χ2v) is 4.97. The van der Waals surface area contributed by atoms with E-state index in [-0.39, 0.29) is 0 Å². The van der Waals surface area contributed by atoms with Gasteiger partial charge in [0, 0.05) is 0 Å². The molecule has 2 saturated carbocycles. The molecule has 0 heteroatoms. The third kappa shape index (κ3) is 0.810. The van der Waals surface area contributed by atoms with Crippen LogP contribution in [-0.4, -0.2) is 0 Å². The van der Waals surface area contributed by atoms with Crippen molar-refractivity contribution < 1.29 is 0 Å². The molecule has 58 valence electrons. The van der Waals surface area contributed by atoms with Crippen LogP contribution in [0.1, 0.15) is 40.0 Å². The molecule has 0 aromatic rings. The smallest absolute Gasteiger partial charge is 0.0297 e. The van der Waals surface area contributed by atoms with E-state index in [2.05, 4.69) is 20.8 Å². The van der Waals surface area contributed by atoms with Crippen molar-refractivity contribution in [1.82, 2.24) is 0 Å². The zero-order valence-corrected chi connectivity index (χ0v) is 7.35. The highest BCUT2D eigenvalue weighted by Gasteiger charge is 2.52. The van der Waals surface area contributed by atoms with Crippen LogP contribution in [0.15, 0.2) is 0 Å². The predicted molar refractivity (Wildman–Crippen MR) is 43.8 cm³/mol. The largest absolute Gasteiger partial charge is 0.0623 e. The highest BCUT2D eigenvalue weighted by Crippen LogP contribution is 2.61. The number of rotatable bonds is 1. The maximum atomic E-state index is 2.48. The van der Waals surface area contributed by atoms with E-state index in [1.54, 1.807) is 6.42 Å². The Hall–Kier alpha value is 0. The SMILES string of the molecule is CC(C)C1(C)CC2CC2C1. The Bertz CT molecular complexity index is 136. The van der Waals surface area contributed by atoms with E-state index in [1.807, 2.05) is 0 Å². The van der Waals surface area contributed by atoms with Crippen LogP contribution in [0.2, 0.25) is 0 Å². The van der Waals surface area contributed by atoms with E-state index >= 15 is 0 Å². The van der Waals surface area contributed by atoms with Gasteiger partial charge in [0.2, 0.25) is 0 Å². The Morgan fingerprint density at radius 3 is 2.00 bits per heavy atom. The van der Waals surface area contributed by atoms with Crippen LogP contribution < -0.4 is 0 Å². The van der Waals surface area contributed by atoms with E-state index in [1.165, 1.54) is 12.8 Å². The van der Waals surface area contributed by atoms with Crippen LogP contribution in [0.4, 0.5) is 0 Å². The molecule has 2 aliphatic carbocycles. The van der Waals surface area contributed by atoms with Gasteiger partial charge in [0.15, 0.2) is 0 Å². The Labute approximate surface area is 64.0 Å². The van der Waals surface area contributed by atoms with Gasteiger partial charge in [-0.3, -0.25) is 0 Å².